The zero-order chi connectivity index (χ0) is 13.9. The highest BCUT2D eigenvalue weighted by atomic mass is 35.5. The van der Waals surface area contributed by atoms with E-state index in [1.54, 1.807) is 18.5 Å². The summed E-state index contributed by atoms with van der Waals surface area (Å²) in [6.45, 7) is 0. The minimum Gasteiger partial charge on any atom is -0.399 e. The minimum atomic E-state index is 0.417. The molecule has 0 radical (unpaired) electrons. The third-order valence-electron chi connectivity index (χ3n) is 2.82. The molecule has 1 aromatic carbocycles. The summed E-state index contributed by atoms with van der Waals surface area (Å²) in [5, 5.41) is 0.417. The van der Waals surface area contributed by atoms with E-state index in [9.17, 15) is 0 Å². The largest absolute Gasteiger partial charge is 0.399 e. The van der Waals surface area contributed by atoms with Crippen LogP contribution < -0.4 is 5.73 Å². The number of hydrogen-bond donors (Lipinski definition) is 1. The van der Waals surface area contributed by atoms with Gasteiger partial charge in [-0.05, 0) is 30.3 Å². The fourth-order valence-corrected chi connectivity index (χ4v) is 2.07. The summed E-state index contributed by atoms with van der Waals surface area (Å²) >= 11 is 5.89. The summed E-state index contributed by atoms with van der Waals surface area (Å²) in [6, 6.07) is 13.0. The molecule has 0 aliphatic heterocycles. The van der Waals surface area contributed by atoms with Gasteiger partial charge < -0.3 is 5.73 Å². The van der Waals surface area contributed by atoms with E-state index in [1.807, 2.05) is 36.4 Å². The zero-order valence-electron chi connectivity index (χ0n) is 10.5. The van der Waals surface area contributed by atoms with Crippen molar-refractivity contribution in [1.82, 2.24) is 15.0 Å². The van der Waals surface area contributed by atoms with E-state index in [0.29, 0.717) is 16.7 Å². The van der Waals surface area contributed by atoms with Gasteiger partial charge >= 0.3 is 0 Å². The number of anilines is 1. The Morgan fingerprint density at radius 1 is 0.900 bits per heavy atom. The van der Waals surface area contributed by atoms with Crippen LogP contribution in [0.15, 0.2) is 54.9 Å². The van der Waals surface area contributed by atoms with Gasteiger partial charge in [0.25, 0.3) is 0 Å². The smallest absolute Gasteiger partial charge is 0.159 e. The van der Waals surface area contributed by atoms with E-state index >= 15 is 0 Å². The van der Waals surface area contributed by atoms with Crippen molar-refractivity contribution >= 4 is 17.3 Å². The van der Waals surface area contributed by atoms with E-state index in [1.165, 1.54) is 0 Å². The third-order valence-corrected chi connectivity index (χ3v) is 3.03. The van der Waals surface area contributed by atoms with Gasteiger partial charge in [0.05, 0.1) is 5.69 Å². The Bertz CT molecular complexity index is 697. The molecule has 0 aliphatic carbocycles. The van der Waals surface area contributed by atoms with Gasteiger partial charge in [-0.3, -0.25) is 0 Å². The van der Waals surface area contributed by atoms with Crippen molar-refractivity contribution in [3.05, 3.63) is 60.0 Å². The van der Waals surface area contributed by atoms with Crippen LogP contribution in [0, 0.1) is 0 Å². The van der Waals surface area contributed by atoms with Gasteiger partial charge in [0, 0.05) is 29.2 Å². The first kappa shape index (κ1) is 12.6. The second kappa shape index (κ2) is 5.27. The number of pyridine rings is 1. The van der Waals surface area contributed by atoms with Crippen LogP contribution in [0.1, 0.15) is 0 Å². The molecule has 0 saturated heterocycles. The van der Waals surface area contributed by atoms with Crippen LogP contribution >= 0.6 is 11.6 Å². The molecule has 2 heterocycles. The molecule has 3 rings (SSSR count). The lowest BCUT2D eigenvalue weighted by atomic mass is 10.1. The molecular formula is C15H11ClN4. The van der Waals surface area contributed by atoms with Crippen LogP contribution in [0.5, 0.6) is 0 Å². The lowest BCUT2D eigenvalue weighted by Gasteiger charge is -2.05. The minimum absolute atomic E-state index is 0.417. The molecule has 0 spiro atoms. The topological polar surface area (TPSA) is 64.7 Å². The van der Waals surface area contributed by atoms with Crippen molar-refractivity contribution in [2.24, 2.45) is 0 Å². The Morgan fingerprint density at radius 2 is 1.75 bits per heavy atom. The molecule has 2 N–H and O–H groups in total. The number of benzene rings is 1. The van der Waals surface area contributed by atoms with Crippen LogP contribution in [0.4, 0.5) is 5.69 Å². The average molecular weight is 283 g/mol. The molecule has 0 fully saturated rings. The first-order valence-corrected chi connectivity index (χ1v) is 6.41. The summed E-state index contributed by atoms with van der Waals surface area (Å²) in [5.74, 6) is 0.606. The number of nitrogens with two attached hydrogens (primary N) is 1. The van der Waals surface area contributed by atoms with E-state index < -0.39 is 0 Å². The van der Waals surface area contributed by atoms with Crippen molar-refractivity contribution < 1.29 is 0 Å². The number of aromatic nitrogens is 3. The Balaban J connectivity index is 2.06. The Morgan fingerprint density at radius 3 is 2.55 bits per heavy atom. The van der Waals surface area contributed by atoms with E-state index in [2.05, 4.69) is 15.0 Å². The lowest BCUT2D eigenvalue weighted by Crippen LogP contribution is -1.93. The van der Waals surface area contributed by atoms with Crippen molar-refractivity contribution in [1.29, 1.82) is 0 Å². The van der Waals surface area contributed by atoms with Gasteiger partial charge in [0.15, 0.2) is 5.82 Å². The molecule has 0 amide bonds. The lowest BCUT2D eigenvalue weighted by molar-refractivity contribution is 1.17. The van der Waals surface area contributed by atoms with Crippen molar-refractivity contribution in [2.45, 2.75) is 0 Å². The predicted octanol–water partition coefficient (Wildman–Crippen LogP) is 3.44. The molecule has 2 aromatic heterocycles. The number of nitrogen functional groups attached to an aromatic ring is 1. The van der Waals surface area contributed by atoms with Crippen molar-refractivity contribution in [2.75, 3.05) is 5.73 Å². The highest BCUT2D eigenvalue weighted by Gasteiger charge is 2.05. The van der Waals surface area contributed by atoms with E-state index in [0.717, 1.165) is 16.8 Å². The Hall–Kier alpha value is -2.46. The van der Waals surface area contributed by atoms with E-state index in [4.69, 9.17) is 17.3 Å². The van der Waals surface area contributed by atoms with Crippen molar-refractivity contribution in [3.8, 4) is 22.6 Å². The predicted molar refractivity (Wildman–Crippen MR) is 80.1 cm³/mol. The quantitative estimate of drug-likeness (QED) is 0.577. The summed E-state index contributed by atoms with van der Waals surface area (Å²) < 4.78 is 0. The SMILES string of the molecule is Nc1cccc(-c2ccnc(-c3ccnc(Cl)c3)n2)c1. The van der Waals surface area contributed by atoms with Crippen LogP contribution in [0.3, 0.4) is 0 Å². The summed E-state index contributed by atoms with van der Waals surface area (Å²) in [6.07, 6.45) is 3.35. The van der Waals surface area contributed by atoms with E-state index in [-0.39, 0.29) is 0 Å². The summed E-state index contributed by atoms with van der Waals surface area (Å²) in [5.41, 5.74) is 9.10. The molecule has 3 aromatic rings. The second-order valence-electron chi connectivity index (χ2n) is 4.26. The Labute approximate surface area is 121 Å². The molecular weight excluding hydrogens is 272 g/mol. The van der Waals surface area contributed by atoms with Gasteiger partial charge in [-0.2, -0.15) is 0 Å². The van der Waals surface area contributed by atoms with Gasteiger partial charge in [-0.15, -0.1) is 0 Å². The number of hydrogen-bond acceptors (Lipinski definition) is 4. The summed E-state index contributed by atoms with van der Waals surface area (Å²) in [7, 11) is 0. The molecule has 0 bridgehead atoms. The Kier molecular flexibility index (Phi) is 3.31. The maximum Gasteiger partial charge on any atom is 0.159 e. The zero-order valence-corrected chi connectivity index (χ0v) is 11.2. The molecule has 0 atom stereocenters. The monoisotopic (exact) mass is 282 g/mol. The molecule has 20 heavy (non-hydrogen) atoms. The summed E-state index contributed by atoms with van der Waals surface area (Å²) in [4.78, 5) is 12.8. The van der Waals surface area contributed by atoms with Crippen LogP contribution in [0.25, 0.3) is 22.6 Å². The fraction of sp³-hybridized carbons (Fsp3) is 0. The number of nitrogens with zero attached hydrogens (tertiary/aromatic N) is 3. The molecule has 0 saturated carbocycles. The second-order valence-corrected chi connectivity index (χ2v) is 4.65. The average Bonchev–Trinajstić information content (AvgIpc) is 2.47. The standard InChI is InChI=1S/C15H11ClN4/c16-14-9-11(4-6-18-14)15-19-7-5-13(20-15)10-2-1-3-12(17)8-10/h1-9H,17H2. The van der Waals surface area contributed by atoms with Gasteiger partial charge in [-0.25, -0.2) is 15.0 Å². The molecule has 4 nitrogen and oxygen atoms in total. The van der Waals surface area contributed by atoms with Crippen LogP contribution in [-0.2, 0) is 0 Å². The first-order valence-electron chi connectivity index (χ1n) is 6.03. The van der Waals surface area contributed by atoms with Crippen LogP contribution in [0.2, 0.25) is 5.15 Å². The van der Waals surface area contributed by atoms with Crippen molar-refractivity contribution in [3.63, 3.8) is 0 Å². The van der Waals surface area contributed by atoms with Gasteiger partial charge in [0.1, 0.15) is 5.15 Å². The molecule has 0 unspecified atom stereocenters. The highest BCUT2D eigenvalue weighted by molar-refractivity contribution is 6.29. The highest BCUT2D eigenvalue weighted by Crippen LogP contribution is 2.23. The van der Waals surface area contributed by atoms with Gasteiger partial charge in [-0.1, -0.05) is 23.7 Å². The maximum atomic E-state index is 5.89. The molecule has 5 heteroatoms. The maximum absolute atomic E-state index is 5.89. The number of rotatable bonds is 2. The van der Waals surface area contributed by atoms with Crippen LogP contribution in [-0.4, -0.2) is 15.0 Å². The fourth-order valence-electron chi connectivity index (χ4n) is 1.90. The molecule has 98 valence electrons. The number of halogens is 1. The first-order chi connectivity index (χ1) is 9.72. The normalized spacial score (nSPS) is 10.4. The molecule has 0 aliphatic rings. The van der Waals surface area contributed by atoms with Gasteiger partial charge in [0.2, 0.25) is 0 Å². The third kappa shape index (κ3) is 2.60.